The average molecular weight is 325 g/mol. The average Bonchev–Trinajstić information content (AvgIpc) is 2.65. The molecule has 0 unspecified atom stereocenters. The molecule has 0 aliphatic carbocycles. The Balaban J connectivity index is 1.85. The molecule has 0 spiro atoms. The van der Waals surface area contributed by atoms with E-state index >= 15 is 0 Å². The van der Waals surface area contributed by atoms with E-state index in [1.807, 2.05) is 30.3 Å². The molecular formula is C22H15NO2. The van der Waals surface area contributed by atoms with Gasteiger partial charge < -0.3 is 0 Å². The van der Waals surface area contributed by atoms with E-state index in [4.69, 9.17) is 0 Å². The Morgan fingerprint density at radius 3 is 1.84 bits per heavy atom. The zero-order chi connectivity index (χ0) is 17.2. The molecule has 3 nitrogen and oxygen atoms in total. The summed E-state index contributed by atoms with van der Waals surface area (Å²) in [7, 11) is 0. The number of nitro groups is 1. The molecule has 0 heterocycles. The fraction of sp³-hybridized carbons (Fsp3) is 0. The SMILES string of the molecule is O=[N+]([O-])c1ccc(/C=C\c2c3ccccc3cc3ccccc23)cc1. The van der Waals surface area contributed by atoms with Gasteiger partial charge in [0.15, 0.2) is 0 Å². The van der Waals surface area contributed by atoms with Crippen molar-refractivity contribution in [1.29, 1.82) is 0 Å². The molecule has 0 radical (unpaired) electrons. The monoisotopic (exact) mass is 325 g/mol. The van der Waals surface area contributed by atoms with Gasteiger partial charge in [-0.1, -0.05) is 60.7 Å². The molecule has 25 heavy (non-hydrogen) atoms. The van der Waals surface area contributed by atoms with Gasteiger partial charge in [-0.25, -0.2) is 0 Å². The van der Waals surface area contributed by atoms with E-state index < -0.39 is 0 Å². The maximum atomic E-state index is 10.8. The first-order chi connectivity index (χ1) is 12.2. The molecule has 0 bridgehead atoms. The minimum absolute atomic E-state index is 0.104. The Kier molecular flexibility index (Phi) is 3.75. The van der Waals surface area contributed by atoms with Crippen LogP contribution in [0.25, 0.3) is 33.7 Å². The molecular weight excluding hydrogens is 310 g/mol. The van der Waals surface area contributed by atoms with E-state index in [2.05, 4.69) is 36.4 Å². The number of hydrogen-bond donors (Lipinski definition) is 0. The van der Waals surface area contributed by atoms with Gasteiger partial charge in [0.2, 0.25) is 0 Å². The number of nitrogens with zero attached hydrogens (tertiary/aromatic N) is 1. The Morgan fingerprint density at radius 2 is 1.28 bits per heavy atom. The number of hydrogen-bond acceptors (Lipinski definition) is 2. The number of non-ortho nitro benzene ring substituents is 1. The highest BCUT2D eigenvalue weighted by Gasteiger charge is 2.05. The van der Waals surface area contributed by atoms with Crippen LogP contribution in [0, 0.1) is 10.1 Å². The molecule has 0 saturated heterocycles. The van der Waals surface area contributed by atoms with Crippen molar-refractivity contribution >= 4 is 39.4 Å². The van der Waals surface area contributed by atoms with Crippen LogP contribution < -0.4 is 0 Å². The molecule has 0 fully saturated rings. The van der Waals surface area contributed by atoms with Crippen molar-refractivity contribution in [3.8, 4) is 0 Å². The summed E-state index contributed by atoms with van der Waals surface area (Å²) >= 11 is 0. The Morgan fingerprint density at radius 1 is 0.720 bits per heavy atom. The van der Waals surface area contributed by atoms with Gasteiger partial charge >= 0.3 is 0 Å². The van der Waals surface area contributed by atoms with Gasteiger partial charge in [0, 0.05) is 12.1 Å². The minimum atomic E-state index is -0.383. The topological polar surface area (TPSA) is 43.1 Å². The maximum Gasteiger partial charge on any atom is 0.269 e. The number of benzene rings is 4. The Labute approximate surface area is 145 Å². The standard InChI is InChI=1S/C22H15NO2/c24-23(25)19-12-9-16(10-13-19)11-14-22-20-7-3-1-5-17(20)15-18-6-2-4-8-21(18)22/h1-15H/b14-11-. The third kappa shape index (κ3) is 2.88. The lowest BCUT2D eigenvalue weighted by molar-refractivity contribution is -0.384. The van der Waals surface area contributed by atoms with E-state index in [1.54, 1.807) is 12.1 Å². The van der Waals surface area contributed by atoms with Crippen molar-refractivity contribution in [1.82, 2.24) is 0 Å². The lowest BCUT2D eigenvalue weighted by Crippen LogP contribution is -1.86. The predicted octanol–water partition coefficient (Wildman–Crippen LogP) is 6.07. The second-order valence-electron chi connectivity index (χ2n) is 5.91. The molecule has 120 valence electrons. The summed E-state index contributed by atoms with van der Waals surface area (Å²) in [4.78, 5) is 10.4. The zero-order valence-corrected chi connectivity index (χ0v) is 13.4. The maximum absolute atomic E-state index is 10.8. The van der Waals surface area contributed by atoms with Gasteiger partial charge in [0.05, 0.1) is 4.92 Å². The lowest BCUT2D eigenvalue weighted by atomic mass is 9.96. The fourth-order valence-electron chi connectivity index (χ4n) is 3.12. The van der Waals surface area contributed by atoms with Crippen molar-refractivity contribution in [2.45, 2.75) is 0 Å². The van der Waals surface area contributed by atoms with E-state index in [1.165, 1.54) is 33.7 Å². The Hall–Kier alpha value is -3.46. The summed E-state index contributed by atoms with van der Waals surface area (Å²) in [5.41, 5.74) is 2.20. The predicted molar refractivity (Wildman–Crippen MR) is 103 cm³/mol. The summed E-state index contributed by atoms with van der Waals surface area (Å²) in [5.74, 6) is 0. The molecule has 4 rings (SSSR count). The second-order valence-corrected chi connectivity index (χ2v) is 5.91. The molecule has 0 amide bonds. The van der Waals surface area contributed by atoms with Crippen LogP contribution in [0.1, 0.15) is 11.1 Å². The van der Waals surface area contributed by atoms with Crippen LogP contribution in [0.15, 0.2) is 78.9 Å². The largest absolute Gasteiger partial charge is 0.269 e. The summed E-state index contributed by atoms with van der Waals surface area (Å²) in [6.07, 6.45) is 4.09. The summed E-state index contributed by atoms with van der Waals surface area (Å²) in [6.45, 7) is 0. The summed E-state index contributed by atoms with van der Waals surface area (Å²) in [5, 5.41) is 15.6. The highest BCUT2D eigenvalue weighted by molar-refractivity contribution is 6.07. The molecule has 4 aromatic carbocycles. The molecule has 0 atom stereocenters. The number of rotatable bonds is 3. The molecule has 0 aromatic heterocycles. The van der Waals surface area contributed by atoms with Crippen LogP contribution in [0.2, 0.25) is 0 Å². The van der Waals surface area contributed by atoms with E-state index in [0.29, 0.717) is 0 Å². The van der Waals surface area contributed by atoms with Crippen molar-refractivity contribution in [3.05, 3.63) is 100 Å². The first-order valence-corrected chi connectivity index (χ1v) is 8.05. The van der Waals surface area contributed by atoms with Crippen LogP contribution in [-0.4, -0.2) is 4.92 Å². The minimum Gasteiger partial charge on any atom is -0.258 e. The van der Waals surface area contributed by atoms with Crippen molar-refractivity contribution in [3.63, 3.8) is 0 Å². The van der Waals surface area contributed by atoms with Crippen LogP contribution in [0.3, 0.4) is 0 Å². The van der Waals surface area contributed by atoms with Crippen LogP contribution >= 0.6 is 0 Å². The smallest absolute Gasteiger partial charge is 0.258 e. The second kappa shape index (κ2) is 6.21. The van der Waals surface area contributed by atoms with Gasteiger partial charge in [-0.05, 0) is 50.9 Å². The molecule has 0 aliphatic heterocycles. The van der Waals surface area contributed by atoms with Crippen molar-refractivity contribution < 1.29 is 4.92 Å². The van der Waals surface area contributed by atoms with E-state index in [-0.39, 0.29) is 10.6 Å². The summed E-state index contributed by atoms with van der Waals surface area (Å²) in [6, 6.07) is 25.4. The molecule has 0 N–H and O–H groups in total. The highest BCUT2D eigenvalue weighted by atomic mass is 16.6. The number of nitro benzene ring substituents is 1. The van der Waals surface area contributed by atoms with Gasteiger partial charge in [0.1, 0.15) is 0 Å². The van der Waals surface area contributed by atoms with Crippen molar-refractivity contribution in [2.75, 3.05) is 0 Å². The fourth-order valence-corrected chi connectivity index (χ4v) is 3.12. The van der Waals surface area contributed by atoms with E-state index in [0.717, 1.165) is 11.1 Å². The third-order valence-electron chi connectivity index (χ3n) is 4.36. The van der Waals surface area contributed by atoms with Crippen LogP contribution in [0.4, 0.5) is 5.69 Å². The van der Waals surface area contributed by atoms with Crippen LogP contribution in [0.5, 0.6) is 0 Å². The van der Waals surface area contributed by atoms with Gasteiger partial charge in [0.25, 0.3) is 5.69 Å². The first kappa shape index (κ1) is 15.1. The van der Waals surface area contributed by atoms with Gasteiger partial charge in [-0.3, -0.25) is 10.1 Å². The van der Waals surface area contributed by atoms with Gasteiger partial charge in [-0.2, -0.15) is 0 Å². The Bertz CT molecular complexity index is 1060. The molecule has 3 heteroatoms. The molecule has 4 aromatic rings. The van der Waals surface area contributed by atoms with Crippen molar-refractivity contribution in [2.24, 2.45) is 0 Å². The lowest BCUT2D eigenvalue weighted by Gasteiger charge is -2.08. The van der Waals surface area contributed by atoms with Crippen LogP contribution in [-0.2, 0) is 0 Å². The highest BCUT2D eigenvalue weighted by Crippen LogP contribution is 2.30. The first-order valence-electron chi connectivity index (χ1n) is 8.05. The normalized spacial score (nSPS) is 11.4. The molecule has 0 aliphatic rings. The zero-order valence-electron chi connectivity index (χ0n) is 13.4. The molecule has 0 saturated carbocycles. The summed E-state index contributed by atoms with van der Waals surface area (Å²) < 4.78 is 0. The number of fused-ring (bicyclic) bond motifs is 2. The third-order valence-corrected chi connectivity index (χ3v) is 4.36. The quantitative estimate of drug-likeness (QED) is 0.198. The van der Waals surface area contributed by atoms with E-state index in [9.17, 15) is 10.1 Å². The van der Waals surface area contributed by atoms with Gasteiger partial charge in [-0.15, -0.1) is 0 Å².